The Bertz CT molecular complexity index is 448. The zero-order valence-corrected chi connectivity index (χ0v) is 9.13. The van der Waals surface area contributed by atoms with Crippen molar-refractivity contribution in [2.75, 3.05) is 7.11 Å². The molecule has 0 amide bonds. The third-order valence-corrected chi connectivity index (χ3v) is 2.37. The van der Waals surface area contributed by atoms with Crippen molar-refractivity contribution in [3.63, 3.8) is 0 Å². The van der Waals surface area contributed by atoms with Crippen LogP contribution in [0.4, 0.5) is 0 Å². The number of benzene rings is 1. The summed E-state index contributed by atoms with van der Waals surface area (Å²) in [5, 5.41) is 8.89. The fourth-order valence-corrected chi connectivity index (χ4v) is 1.52. The van der Waals surface area contributed by atoms with Crippen molar-refractivity contribution in [2.24, 2.45) is 0 Å². The van der Waals surface area contributed by atoms with E-state index < -0.39 is 0 Å². The highest BCUT2D eigenvalue weighted by molar-refractivity contribution is 5.27. The van der Waals surface area contributed by atoms with Gasteiger partial charge in [0.15, 0.2) is 0 Å². The molecule has 0 aliphatic carbocycles. The molecule has 4 nitrogen and oxygen atoms in total. The van der Waals surface area contributed by atoms with Gasteiger partial charge in [-0.1, -0.05) is 12.1 Å². The van der Waals surface area contributed by atoms with Gasteiger partial charge < -0.3 is 14.4 Å². The normalized spacial score (nSPS) is 10.4. The maximum absolute atomic E-state index is 8.89. The number of hydrogen-bond acceptors (Lipinski definition) is 3. The highest BCUT2D eigenvalue weighted by atomic mass is 16.5. The predicted molar refractivity (Wildman–Crippen MR) is 60.2 cm³/mol. The van der Waals surface area contributed by atoms with Gasteiger partial charge in [0, 0.05) is 12.7 Å². The van der Waals surface area contributed by atoms with Crippen molar-refractivity contribution < 1.29 is 9.84 Å². The highest BCUT2D eigenvalue weighted by Crippen LogP contribution is 2.12. The topological polar surface area (TPSA) is 47.3 Å². The van der Waals surface area contributed by atoms with Gasteiger partial charge in [0.2, 0.25) is 0 Å². The van der Waals surface area contributed by atoms with Gasteiger partial charge >= 0.3 is 0 Å². The van der Waals surface area contributed by atoms with Crippen LogP contribution in [0.2, 0.25) is 0 Å². The number of aliphatic hydroxyl groups excluding tert-OH is 1. The first-order valence-electron chi connectivity index (χ1n) is 5.06. The van der Waals surface area contributed by atoms with Gasteiger partial charge in [-0.25, -0.2) is 4.98 Å². The third kappa shape index (κ3) is 2.41. The molecule has 1 N–H and O–H groups in total. The molecule has 0 fully saturated rings. The van der Waals surface area contributed by atoms with E-state index in [1.54, 1.807) is 13.4 Å². The lowest BCUT2D eigenvalue weighted by Gasteiger charge is -2.04. The molecule has 0 aliphatic rings. The van der Waals surface area contributed by atoms with Gasteiger partial charge in [0.1, 0.15) is 5.75 Å². The molecule has 84 valence electrons. The molecule has 0 radical (unpaired) electrons. The van der Waals surface area contributed by atoms with Gasteiger partial charge in [0.25, 0.3) is 0 Å². The van der Waals surface area contributed by atoms with Gasteiger partial charge in [-0.2, -0.15) is 0 Å². The second-order valence-corrected chi connectivity index (χ2v) is 3.54. The van der Waals surface area contributed by atoms with Crippen molar-refractivity contribution in [3.05, 3.63) is 48.0 Å². The van der Waals surface area contributed by atoms with Crippen molar-refractivity contribution in [2.45, 2.75) is 13.2 Å². The van der Waals surface area contributed by atoms with E-state index in [0.717, 1.165) is 12.3 Å². The largest absolute Gasteiger partial charge is 0.497 e. The number of methoxy groups -OCH3 is 1. The summed E-state index contributed by atoms with van der Waals surface area (Å²) in [6, 6.07) is 7.88. The Hall–Kier alpha value is -1.81. The van der Waals surface area contributed by atoms with Gasteiger partial charge in [0.05, 0.1) is 25.7 Å². The number of aliphatic hydroxyl groups is 1. The molecule has 0 spiro atoms. The Kier molecular flexibility index (Phi) is 3.22. The van der Waals surface area contributed by atoms with E-state index in [4.69, 9.17) is 9.84 Å². The Morgan fingerprint density at radius 1 is 1.31 bits per heavy atom. The average Bonchev–Trinajstić information content (AvgIpc) is 2.78. The lowest BCUT2D eigenvalue weighted by atomic mass is 10.2. The van der Waals surface area contributed by atoms with E-state index in [2.05, 4.69) is 4.98 Å². The maximum Gasteiger partial charge on any atom is 0.118 e. The minimum atomic E-state index is -0.0182. The summed E-state index contributed by atoms with van der Waals surface area (Å²) in [7, 11) is 1.65. The summed E-state index contributed by atoms with van der Waals surface area (Å²) in [5.74, 6) is 0.852. The molecule has 0 saturated heterocycles. The molecule has 0 bridgehead atoms. The van der Waals surface area contributed by atoms with E-state index >= 15 is 0 Å². The van der Waals surface area contributed by atoms with Crippen LogP contribution in [0, 0.1) is 0 Å². The first-order chi connectivity index (χ1) is 7.81. The van der Waals surface area contributed by atoms with Gasteiger partial charge in [-0.05, 0) is 17.7 Å². The van der Waals surface area contributed by atoms with Crippen LogP contribution < -0.4 is 4.74 Å². The Morgan fingerprint density at radius 2 is 2.06 bits per heavy atom. The zero-order chi connectivity index (χ0) is 11.4. The molecule has 2 aromatic rings. The van der Waals surface area contributed by atoms with Crippen LogP contribution in [0.25, 0.3) is 0 Å². The minimum Gasteiger partial charge on any atom is -0.497 e. The Morgan fingerprint density at radius 3 is 2.62 bits per heavy atom. The number of imidazole rings is 1. The second kappa shape index (κ2) is 4.81. The summed E-state index contributed by atoms with van der Waals surface area (Å²) in [6.07, 6.45) is 3.56. The van der Waals surface area contributed by atoms with Crippen LogP contribution in [0.3, 0.4) is 0 Å². The molecule has 2 rings (SSSR count). The molecule has 16 heavy (non-hydrogen) atoms. The fraction of sp³-hybridized carbons (Fsp3) is 0.250. The van der Waals surface area contributed by atoms with Crippen LogP contribution in [-0.4, -0.2) is 21.8 Å². The summed E-state index contributed by atoms with van der Waals surface area (Å²) in [6.45, 7) is 0.729. The van der Waals surface area contributed by atoms with Crippen molar-refractivity contribution in [3.8, 4) is 5.75 Å². The predicted octanol–water partition coefficient (Wildman–Crippen LogP) is 1.43. The van der Waals surface area contributed by atoms with E-state index in [1.807, 2.05) is 35.0 Å². The van der Waals surface area contributed by atoms with Crippen LogP contribution in [-0.2, 0) is 13.2 Å². The number of rotatable bonds is 4. The zero-order valence-electron chi connectivity index (χ0n) is 9.13. The summed E-state index contributed by atoms with van der Waals surface area (Å²) < 4.78 is 7.03. The number of hydrogen-bond donors (Lipinski definition) is 1. The van der Waals surface area contributed by atoms with Crippen LogP contribution in [0.5, 0.6) is 5.75 Å². The van der Waals surface area contributed by atoms with Crippen molar-refractivity contribution in [1.29, 1.82) is 0 Å². The average molecular weight is 218 g/mol. The molecule has 1 heterocycles. The molecular weight excluding hydrogens is 204 g/mol. The molecule has 0 atom stereocenters. The number of aromatic nitrogens is 2. The van der Waals surface area contributed by atoms with Crippen molar-refractivity contribution in [1.82, 2.24) is 9.55 Å². The maximum atomic E-state index is 8.89. The summed E-state index contributed by atoms with van der Waals surface area (Å²) in [5.41, 5.74) is 1.86. The molecule has 1 aromatic carbocycles. The van der Waals surface area contributed by atoms with Gasteiger partial charge in [-0.3, -0.25) is 0 Å². The SMILES string of the molecule is COc1ccc(Cn2cnc(CO)c2)cc1. The van der Waals surface area contributed by atoms with E-state index in [0.29, 0.717) is 5.69 Å². The monoisotopic (exact) mass is 218 g/mol. The van der Waals surface area contributed by atoms with E-state index in [-0.39, 0.29) is 6.61 Å². The number of nitrogens with zero attached hydrogens (tertiary/aromatic N) is 2. The number of ether oxygens (including phenoxy) is 1. The summed E-state index contributed by atoms with van der Waals surface area (Å²) >= 11 is 0. The lowest BCUT2D eigenvalue weighted by molar-refractivity contribution is 0.277. The molecule has 0 saturated carbocycles. The van der Waals surface area contributed by atoms with E-state index in [1.165, 1.54) is 5.56 Å². The van der Waals surface area contributed by atoms with Gasteiger partial charge in [-0.15, -0.1) is 0 Å². The first kappa shape index (κ1) is 10.7. The molecule has 0 unspecified atom stereocenters. The smallest absolute Gasteiger partial charge is 0.118 e. The fourth-order valence-electron chi connectivity index (χ4n) is 1.52. The first-order valence-corrected chi connectivity index (χ1v) is 5.06. The van der Waals surface area contributed by atoms with E-state index in [9.17, 15) is 0 Å². The summed E-state index contributed by atoms with van der Waals surface area (Å²) in [4.78, 5) is 4.05. The second-order valence-electron chi connectivity index (χ2n) is 3.54. The third-order valence-electron chi connectivity index (χ3n) is 2.37. The lowest BCUT2D eigenvalue weighted by Crippen LogP contribution is -1.96. The Labute approximate surface area is 94.1 Å². The van der Waals surface area contributed by atoms with Crippen molar-refractivity contribution >= 4 is 0 Å². The standard InChI is InChI=1S/C12H14N2O2/c1-16-12-4-2-10(3-5-12)6-14-7-11(8-15)13-9-14/h2-5,7,9,15H,6,8H2,1H3. The molecule has 1 aromatic heterocycles. The molecular formula is C12H14N2O2. The molecule has 0 aliphatic heterocycles. The quantitative estimate of drug-likeness (QED) is 0.844. The Balaban J connectivity index is 2.08. The minimum absolute atomic E-state index is 0.0182. The molecule has 4 heteroatoms. The highest BCUT2D eigenvalue weighted by Gasteiger charge is 1.99. The van der Waals surface area contributed by atoms with Crippen LogP contribution in [0.1, 0.15) is 11.3 Å². The van der Waals surface area contributed by atoms with Crippen LogP contribution >= 0.6 is 0 Å². The van der Waals surface area contributed by atoms with Crippen LogP contribution in [0.15, 0.2) is 36.8 Å².